The Labute approximate surface area is 552 Å². The lowest BCUT2D eigenvalue weighted by Crippen LogP contribution is -2.61. The molecule has 11 nitrogen and oxygen atoms in total. The van der Waals surface area contributed by atoms with Gasteiger partial charge in [-0.25, -0.2) is 0 Å². The van der Waals surface area contributed by atoms with Crippen LogP contribution in [-0.2, 0) is 23.8 Å². The van der Waals surface area contributed by atoms with Gasteiger partial charge < -0.3 is 45.1 Å². The van der Waals surface area contributed by atoms with Crippen LogP contribution in [0.25, 0.3) is 0 Å². The number of rotatable bonds is 64. The van der Waals surface area contributed by atoms with Gasteiger partial charge in [-0.2, -0.15) is 0 Å². The van der Waals surface area contributed by atoms with Crippen molar-refractivity contribution in [3.05, 3.63) is 97.2 Å². The highest BCUT2D eigenvalue weighted by molar-refractivity contribution is 5.80. The van der Waals surface area contributed by atoms with Crippen LogP contribution >= 0.6 is 0 Å². The van der Waals surface area contributed by atoms with E-state index in [1.807, 2.05) is 6.08 Å². The Morgan fingerprint density at radius 3 is 1.17 bits per heavy atom. The largest absolute Gasteiger partial charge is 0.454 e. The molecule has 520 valence electrons. The van der Waals surface area contributed by atoms with E-state index in [-0.39, 0.29) is 19.4 Å². The highest BCUT2D eigenvalue weighted by Gasteiger charge is 2.47. The average molecular weight is 1260 g/mol. The number of hydrogen-bond donors (Lipinski definition) is 6. The van der Waals surface area contributed by atoms with Crippen molar-refractivity contribution in [2.45, 2.75) is 378 Å². The predicted octanol–water partition coefficient (Wildman–Crippen LogP) is 19.8. The molecular weight excluding hydrogens is 1120 g/mol. The predicted molar refractivity (Wildman–Crippen MR) is 379 cm³/mol. The van der Waals surface area contributed by atoms with Crippen molar-refractivity contribution >= 4 is 11.9 Å². The summed E-state index contributed by atoms with van der Waals surface area (Å²) in [7, 11) is 0. The van der Waals surface area contributed by atoms with E-state index in [2.05, 4.69) is 111 Å². The fraction of sp³-hybridized carbons (Fsp3) is 0.772. The van der Waals surface area contributed by atoms with Gasteiger partial charge in [-0.05, 0) is 109 Å². The Balaban J connectivity index is 2.55. The molecule has 1 amide bonds. The number of allylic oxidation sites excluding steroid dienone is 15. The molecule has 0 aliphatic carbocycles. The van der Waals surface area contributed by atoms with Gasteiger partial charge in [0, 0.05) is 6.42 Å². The van der Waals surface area contributed by atoms with Crippen molar-refractivity contribution in [1.82, 2.24) is 5.32 Å². The van der Waals surface area contributed by atoms with Gasteiger partial charge in [-0.3, -0.25) is 9.59 Å². The number of aliphatic hydroxyl groups is 5. The molecule has 90 heavy (non-hydrogen) atoms. The van der Waals surface area contributed by atoms with Gasteiger partial charge in [0.2, 0.25) is 5.91 Å². The van der Waals surface area contributed by atoms with E-state index in [4.69, 9.17) is 14.2 Å². The van der Waals surface area contributed by atoms with Crippen LogP contribution in [0.15, 0.2) is 97.2 Å². The maximum absolute atomic E-state index is 13.5. The molecule has 8 atom stereocenters. The fourth-order valence-corrected chi connectivity index (χ4v) is 11.3. The summed E-state index contributed by atoms with van der Waals surface area (Å²) in [6.45, 7) is 5.76. The first-order valence-corrected chi connectivity index (χ1v) is 37.5. The molecule has 8 unspecified atom stereocenters. The number of amides is 1. The Kier molecular flexibility index (Phi) is 61.7. The van der Waals surface area contributed by atoms with E-state index in [0.717, 1.165) is 116 Å². The van der Waals surface area contributed by atoms with Crippen LogP contribution in [0.4, 0.5) is 0 Å². The minimum Gasteiger partial charge on any atom is -0.454 e. The molecule has 0 radical (unpaired) electrons. The van der Waals surface area contributed by atoms with Crippen molar-refractivity contribution in [2.75, 3.05) is 13.2 Å². The molecule has 0 aromatic carbocycles. The molecule has 0 aromatic rings. The van der Waals surface area contributed by atoms with Crippen LogP contribution in [0.1, 0.15) is 329 Å². The monoisotopic (exact) mass is 1260 g/mol. The zero-order valence-corrected chi connectivity index (χ0v) is 58.0. The highest BCUT2D eigenvalue weighted by atomic mass is 16.7. The molecule has 0 aromatic heterocycles. The third-order valence-corrected chi connectivity index (χ3v) is 17.2. The molecular formula is C79H139NO10. The van der Waals surface area contributed by atoms with Crippen LogP contribution in [-0.4, -0.2) is 99.6 Å². The molecule has 0 spiro atoms. The van der Waals surface area contributed by atoms with Gasteiger partial charge in [-0.1, -0.05) is 311 Å². The maximum Gasteiger partial charge on any atom is 0.306 e. The number of carbonyl (C=O) groups is 2. The SMILES string of the molecule is CCCCC/C=C\C/C=C\C/C=C\C/C=C\CCCCCCCCCC(=O)OC1C(OCC(NC(=O)C(O)CCCCCCCCCCCCCCC/C=C\C/C=C\C/C=C\CCCCC)C(O)/C=C/CCCCCCCCCCCC)OC(CO)C(O)C1O. The number of hydrogen-bond acceptors (Lipinski definition) is 10. The van der Waals surface area contributed by atoms with Crippen molar-refractivity contribution < 1.29 is 49.3 Å². The molecule has 6 N–H and O–H groups in total. The maximum atomic E-state index is 13.5. The summed E-state index contributed by atoms with van der Waals surface area (Å²) in [4.78, 5) is 26.7. The number of unbranched alkanes of at least 4 members (excludes halogenated alkanes) is 36. The molecule has 1 aliphatic heterocycles. The summed E-state index contributed by atoms with van der Waals surface area (Å²) in [6.07, 6.45) is 78.7. The minimum absolute atomic E-state index is 0.108. The lowest BCUT2D eigenvalue weighted by Gasteiger charge is -2.41. The molecule has 0 saturated carbocycles. The van der Waals surface area contributed by atoms with E-state index in [1.165, 1.54) is 167 Å². The third-order valence-electron chi connectivity index (χ3n) is 17.2. The Morgan fingerprint density at radius 1 is 0.433 bits per heavy atom. The lowest BCUT2D eigenvalue weighted by atomic mass is 9.99. The number of esters is 1. The molecule has 1 fully saturated rings. The lowest BCUT2D eigenvalue weighted by molar-refractivity contribution is -0.305. The molecule has 1 rings (SSSR count). The van der Waals surface area contributed by atoms with Gasteiger partial charge in [0.15, 0.2) is 12.4 Å². The first kappa shape index (κ1) is 84.6. The molecule has 1 saturated heterocycles. The van der Waals surface area contributed by atoms with E-state index in [9.17, 15) is 35.1 Å². The van der Waals surface area contributed by atoms with Crippen molar-refractivity contribution in [3.8, 4) is 0 Å². The average Bonchev–Trinajstić information content (AvgIpc) is 3.11. The van der Waals surface area contributed by atoms with Gasteiger partial charge in [0.1, 0.15) is 24.4 Å². The van der Waals surface area contributed by atoms with E-state index >= 15 is 0 Å². The molecule has 1 heterocycles. The number of carbonyl (C=O) groups excluding carboxylic acids is 2. The summed E-state index contributed by atoms with van der Waals surface area (Å²) in [5, 5.41) is 57.3. The van der Waals surface area contributed by atoms with E-state index in [0.29, 0.717) is 12.8 Å². The van der Waals surface area contributed by atoms with Crippen molar-refractivity contribution in [2.24, 2.45) is 0 Å². The summed E-state index contributed by atoms with van der Waals surface area (Å²) >= 11 is 0. The second-order valence-corrected chi connectivity index (χ2v) is 25.7. The summed E-state index contributed by atoms with van der Waals surface area (Å²) in [5.41, 5.74) is 0. The van der Waals surface area contributed by atoms with Crippen molar-refractivity contribution in [1.29, 1.82) is 0 Å². The smallest absolute Gasteiger partial charge is 0.306 e. The number of ether oxygens (including phenoxy) is 3. The van der Waals surface area contributed by atoms with Crippen LogP contribution in [0.5, 0.6) is 0 Å². The Hall–Kier alpha value is -3.42. The van der Waals surface area contributed by atoms with Crippen molar-refractivity contribution in [3.63, 3.8) is 0 Å². The zero-order valence-electron chi connectivity index (χ0n) is 58.0. The van der Waals surface area contributed by atoms with Crippen LogP contribution in [0, 0.1) is 0 Å². The van der Waals surface area contributed by atoms with Gasteiger partial charge >= 0.3 is 5.97 Å². The first-order valence-electron chi connectivity index (χ1n) is 37.5. The molecule has 0 bridgehead atoms. The Morgan fingerprint density at radius 2 is 0.767 bits per heavy atom. The topological polar surface area (TPSA) is 175 Å². The summed E-state index contributed by atoms with van der Waals surface area (Å²) in [6, 6.07) is -1.03. The minimum atomic E-state index is -1.62. The van der Waals surface area contributed by atoms with Crippen LogP contribution in [0.3, 0.4) is 0 Å². The third kappa shape index (κ3) is 52.0. The van der Waals surface area contributed by atoms with Gasteiger partial charge in [0.25, 0.3) is 0 Å². The van der Waals surface area contributed by atoms with E-state index < -0.39 is 67.4 Å². The molecule has 1 aliphatic rings. The summed E-state index contributed by atoms with van der Waals surface area (Å²) < 4.78 is 17.7. The van der Waals surface area contributed by atoms with Crippen LogP contribution in [0.2, 0.25) is 0 Å². The van der Waals surface area contributed by atoms with Crippen LogP contribution < -0.4 is 5.32 Å². The second-order valence-electron chi connectivity index (χ2n) is 25.7. The highest BCUT2D eigenvalue weighted by Crippen LogP contribution is 2.26. The van der Waals surface area contributed by atoms with E-state index in [1.54, 1.807) is 6.08 Å². The standard InChI is InChI=1S/C79H139NO10/c1-4-7-10-13-16-19-22-25-27-29-31-33-35-36-37-39-40-42-44-46-48-51-54-57-60-63-66-72(83)78(87)80-70(71(82)65-62-59-56-53-50-24-21-18-15-12-9-6-3)69-88-79-77(76(86)75(85)73(68-81)89-79)90-74(84)67-64-61-58-55-52-49-47-45-43-41-38-34-32-30-28-26-23-20-17-14-11-8-5-2/h16-17,19-20,25-28,31-34,41,43,62,65,70-73,75-77,79,81-83,85-86H,4-15,18,21-24,29-30,35-40,42,44-61,63-64,66-69H2,1-3H3,(H,80,87)/b19-16-,20-17-,27-25-,28-26-,33-31-,34-32-,43-41-,65-62+. The Bertz CT molecular complexity index is 1840. The van der Waals surface area contributed by atoms with Gasteiger partial charge in [0.05, 0.1) is 25.4 Å². The molecule has 11 heteroatoms. The normalized spacial score (nSPS) is 18.6. The quantitative estimate of drug-likeness (QED) is 0.0195. The fourth-order valence-electron chi connectivity index (χ4n) is 11.3. The van der Waals surface area contributed by atoms with Gasteiger partial charge in [-0.15, -0.1) is 0 Å². The second kappa shape index (κ2) is 65.6. The zero-order chi connectivity index (χ0) is 65.3. The first-order chi connectivity index (χ1) is 44.2. The number of aliphatic hydroxyl groups excluding tert-OH is 5. The number of nitrogens with one attached hydrogen (secondary N) is 1. The summed E-state index contributed by atoms with van der Waals surface area (Å²) in [5.74, 6) is -1.20.